The van der Waals surface area contributed by atoms with Gasteiger partial charge in [0.25, 0.3) is 0 Å². The summed E-state index contributed by atoms with van der Waals surface area (Å²) in [6.45, 7) is 3.47. The number of carbonyl (C=O) groups excluding carboxylic acids is 1. The predicted molar refractivity (Wildman–Crippen MR) is 82.2 cm³/mol. The van der Waals surface area contributed by atoms with E-state index in [1.165, 1.54) is 17.5 Å². The lowest BCUT2D eigenvalue weighted by Gasteiger charge is -2.41. The Morgan fingerprint density at radius 3 is 2.30 bits per heavy atom. The van der Waals surface area contributed by atoms with E-state index in [4.69, 9.17) is 5.73 Å². The Kier molecular flexibility index (Phi) is 4.81. The molecule has 0 aliphatic heterocycles. The van der Waals surface area contributed by atoms with Crippen molar-refractivity contribution in [3.8, 4) is 0 Å². The lowest BCUT2D eigenvalue weighted by molar-refractivity contribution is -0.134. The maximum Gasteiger partial charge on any atom is 0.223 e. The van der Waals surface area contributed by atoms with Gasteiger partial charge in [0.1, 0.15) is 0 Å². The highest BCUT2D eigenvalue weighted by Gasteiger charge is 2.38. The summed E-state index contributed by atoms with van der Waals surface area (Å²) < 4.78 is 0. The quantitative estimate of drug-likeness (QED) is 0.867. The van der Waals surface area contributed by atoms with Gasteiger partial charge in [-0.25, -0.2) is 0 Å². The van der Waals surface area contributed by atoms with Crippen LogP contribution in [0.4, 0.5) is 0 Å². The van der Waals surface area contributed by atoms with Crippen LogP contribution in [-0.2, 0) is 17.8 Å². The summed E-state index contributed by atoms with van der Waals surface area (Å²) in [6, 6.07) is 8.51. The summed E-state index contributed by atoms with van der Waals surface area (Å²) in [5.41, 5.74) is 8.45. The fourth-order valence-electron chi connectivity index (χ4n) is 2.83. The van der Waals surface area contributed by atoms with E-state index in [1.54, 1.807) is 0 Å². The maximum atomic E-state index is 12.3. The van der Waals surface area contributed by atoms with Gasteiger partial charge in [0.15, 0.2) is 0 Å². The van der Waals surface area contributed by atoms with Crippen molar-refractivity contribution in [1.82, 2.24) is 4.90 Å². The number of rotatable bonds is 6. The second-order valence-corrected chi connectivity index (χ2v) is 6.15. The van der Waals surface area contributed by atoms with Crippen molar-refractivity contribution >= 4 is 5.91 Å². The van der Waals surface area contributed by atoms with E-state index in [1.807, 2.05) is 11.9 Å². The number of hydrogen-bond acceptors (Lipinski definition) is 2. The van der Waals surface area contributed by atoms with Crippen molar-refractivity contribution in [2.75, 3.05) is 13.6 Å². The van der Waals surface area contributed by atoms with Crippen molar-refractivity contribution in [3.05, 3.63) is 35.4 Å². The van der Waals surface area contributed by atoms with Gasteiger partial charge in [0.05, 0.1) is 0 Å². The molecule has 1 saturated carbocycles. The molecule has 0 saturated heterocycles. The van der Waals surface area contributed by atoms with Gasteiger partial charge in [0, 0.05) is 20.0 Å². The van der Waals surface area contributed by atoms with Crippen LogP contribution < -0.4 is 5.73 Å². The van der Waals surface area contributed by atoms with E-state index < -0.39 is 0 Å². The number of nitrogens with two attached hydrogens (primary N) is 1. The van der Waals surface area contributed by atoms with Gasteiger partial charge in [-0.1, -0.05) is 37.6 Å². The van der Waals surface area contributed by atoms with E-state index >= 15 is 0 Å². The molecule has 1 fully saturated rings. The smallest absolute Gasteiger partial charge is 0.223 e. The van der Waals surface area contributed by atoms with Gasteiger partial charge in [-0.15, -0.1) is 0 Å². The number of benzene rings is 1. The van der Waals surface area contributed by atoms with Crippen LogP contribution in [0.2, 0.25) is 0 Å². The minimum atomic E-state index is 0.0947. The molecule has 1 aliphatic carbocycles. The summed E-state index contributed by atoms with van der Waals surface area (Å²) in [7, 11) is 1.89. The molecule has 0 unspecified atom stereocenters. The third-order valence-corrected chi connectivity index (χ3v) is 4.65. The molecular formula is C17H26N2O. The number of hydrogen-bond donors (Lipinski definition) is 1. The van der Waals surface area contributed by atoms with Gasteiger partial charge in [-0.3, -0.25) is 4.79 Å². The first kappa shape index (κ1) is 15.0. The van der Waals surface area contributed by atoms with Gasteiger partial charge in [-0.2, -0.15) is 0 Å². The Morgan fingerprint density at radius 1 is 1.25 bits per heavy atom. The first-order valence-electron chi connectivity index (χ1n) is 7.60. The Hall–Kier alpha value is -1.35. The fraction of sp³-hybridized carbons (Fsp3) is 0.588. The molecule has 0 spiro atoms. The number of nitrogens with zero attached hydrogens (tertiary/aromatic N) is 1. The molecule has 3 heteroatoms. The highest BCUT2D eigenvalue weighted by atomic mass is 16.2. The zero-order valence-corrected chi connectivity index (χ0v) is 12.7. The average Bonchev–Trinajstić information content (AvgIpc) is 2.43. The molecule has 3 nitrogen and oxygen atoms in total. The van der Waals surface area contributed by atoms with E-state index in [0.717, 1.165) is 19.3 Å². The normalized spacial score (nSPS) is 16.6. The molecule has 0 aromatic heterocycles. The fourth-order valence-corrected chi connectivity index (χ4v) is 2.83. The monoisotopic (exact) mass is 274 g/mol. The molecule has 1 aromatic rings. The van der Waals surface area contributed by atoms with Crippen LogP contribution in [0.15, 0.2) is 24.3 Å². The first-order valence-corrected chi connectivity index (χ1v) is 7.60. The topological polar surface area (TPSA) is 46.3 Å². The van der Waals surface area contributed by atoms with Crippen LogP contribution in [0.25, 0.3) is 0 Å². The average molecular weight is 274 g/mol. The Balaban J connectivity index is 1.89. The van der Waals surface area contributed by atoms with Crippen molar-refractivity contribution in [1.29, 1.82) is 0 Å². The Labute approximate surface area is 122 Å². The van der Waals surface area contributed by atoms with E-state index in [9.17, 15) is 4.79 Å². The van der Waals surface area contributed by atoms with E-state index in [2.05, 4.69) is 31.2 Å². The minimum absolute atomic E-state index is 0.0947. The molecule has 110 valence electrons. The number of aryl methyl sites for hydroxylation is 1. The zero-order chi connectivity index (χ0) is 14.6. The second-order valence-electron chi connectivity index (χ2n) is 6.15. The van der Waals surface area contributed by atoms with Crippen LogP contribution in [0.5, 0.6) is 0 Å². The summed E-state index contributed by atoms with van der Waals surface area (Å²) in [6.07, 6.45) is 5.08. The molecule has 0 atom stereocenters. The second kappa shape index (κ2) is 6.40. The van der Waals surface area contributed by atoms with Gasteiger partial charge < -0.3 is 10.6 Å². The zero-order valence-electron chi connectivity index (χ0n) is 12.7. The van der Waals surface area contributed by atoms with Crippen molar-refractivity contribution in [2.24, 2.45) is 11.1 Å². The predicted octanol–water partition coefficient (Wildman–Crippen LogP) is 2.73. The number of amides is 1. The summed E-state index contributed by atoms with van der Waals surface area (Å²) in [4.78, 5) is 14.1. The SMILES string of the molecule is CCc1ccc(CN(C)C(=O)CC2(CN)CCC2)cc1. The minimum Gasteiger partial charge on any atom is -0.341 e. The van der Waals surface area contributed by atoms with Crippen LogP contribution in [0, 0.1) is 5.41 Å². The highest BCUT2D eigenvalue weighted by molar-refractivity contribution is 5.76. The molecule has 20 heavy (non-hydrogen) atoms. The molecule has 1 aliphatic rings. The van der Waals surface area contributed by atoms with Gasteiger partial charge in [-0.05, 0) is 42.3 Å². The van der Waals surface area contributed by atoms with Crippen molar-refractivity contribution < 1.29 is 4.79 Å². The van der Waals surface area contributed by atoms with Crippen LogP contribution >= 0.6 is 0 Å². The van der Waals surface area contributed by atoms with Gasteiger partial charge in [0.2, 0.25) is 5.91 Å². The molecule has 0 bridgehead atoms. The lowest BCUT2D eigenvalue weighted by Crippen LogP contribution is -2.42. The van der Waals surface area contributed by atoms with Crippen molar-refractivity contribution in [2.45, 2.75) is 45.6 Å². The third kappa shape index (κ3) is 3.40. The lowest BCUT2D eigenvalue weighted by atomic mass is 9.66. The van der Waals surface area contributed by atoms with Crippen molar-refractivity contribution in [3.63, 3.8) is 0 Å². The molecule has 1 amide bonds. The molecule has 2 N–H and O–H groups in total. The van der Waals surface area contributed by atoms with E-state index in [0.29, 0.717) is 19.5 Å². The summed E-state index contributed by atoms with van der Waals surface area (Å²) in [5.74, 6) is 0.217. The standard InChI is InChI=1S/C17H26N2O/c1-3-14-5-7-15(8-6-14)12-19(2)16(20)11-17(13-18)9-4-10-17/h5-8H,3-4,9-13,18H2,1-2H3. The molecular weight excluding hydrogens is 248 g/mol. The molecule has 0 heterocycles. The summed E-state index contributed by atoms with van der Waals surface area (Å²) >= 11 is 0. The highest BCUT2D eigenvalue weighted by Crippen LogP contribution is 2.43. The van der Waals surface area contributed by atoms with Gasteiger partial charge >= 0.3 is 0 Å². The van der Waals surface area contributed by atoms with Crippen LogP contribution in [0.3, 0.4) is 0 Å². The Bertz CT molecular complexity index is 443. The molecule has 2 rings (SSSR count). The number of carbonyl (C=O) groups is 1. The largest absolute Gasteiger partial charge is 0.341 e. The Morgan fingerprint density at radius 2 is 1.85 bits per heavy atom. The van der Waals surface area contributed by atoms with Crippen LogP contribution in [-0.4, -0.2) is 24.4 Å². The molecule has 1 aromatic carbocycles. The maximum absolute atomic E-state index is 12.3. The third-order valence-electron chi connectivity index (χ3n) is 4.65. The van der Waals surface area contributed by atoms with E-state index in [-0.39, 0.29) is 11.3 Å². The first-order chi connectivity index (χ1) is 9.58. The molecule has 0 radical (unpaired) electrons. The summed E-state index contributed by atoms with van der Waals surface area (Å²) in [5, 5.41) is 0. The van der Waals surface area contributed by atoms with Crippen LogP contribution in [0.1, 0.15) is 43.7 Å².